The van der Waals surface area contributed by atoms with Gasteiger partial charge in [0.2, 0.25) is 5.91 Å². The van der Waals surface area contributed by atoms with Crippen molar-refractivity contribution < 1.29 is 4.79 Å². The van der Waals surface area contributed by atoms with Crippen molar-refractivity contribution in [3.63, 3.8) is 0 Å². The molecule has 0 spiro atoms. The number of hydrogen-bond donors (Lipinski definition) is 2. The number of rotatable bonds is 6. The molecule has 0 unspecified atom stereocenters. The molecule has 1 aromatic carbocycles. The molecule has 1 saturated heterocycles. The molecule has 23 heavy (non-hydrogen) atoms. The van der Waals surface area contributed by atoms with Gasteiger partial charge in [0, 0.05) is 23.4 Å². The second-order valence-electron chi connectivity index (χ2n) is 6.87. The molecule has 1 heterocycles. The van der Waals surface area contributed by atoms with E-state index in [1.165, 1.54) is 12.8 Å². The summed E-state index contributed by atoms with van der Waals surface area (Å²) in [5.41, 5.74) is 0.915. The summed E-state index contributed by atoms with van der Waals surface area (Å²) in [5, 5.41) is 7.19. The molecule has 1 amide bonds. The van der Waals surface area contributed by atoms with Crippen molar-refractivity contribution in [2.24, 2.45) is 5.92 Å². The fraction of sp³-hybridized carbons (Fsp3) is 0.611. The fourth-order valence-corrected chi connectivity index (χ4v) is 3.41. The van der Waals surface area contributed by atoms with Crippen LogP contribution in [0.4, 0.5) is 0 Å². The van der Waals surface area contributed by atoms with Crippen LogP contribution in [0.15, 0.2) is 24.3 Å². The van der Waals surface area contributed by atoms with E-state index in [0.717, 1.165) is 30.1 Å². The second-order valence-corrected chi connectivity index (χ2v) is 7.28. The number of nitrogens with one attached hydrogen (secondary N) is 2. The van der Waals surface area contributed by atoms with Crippen LogP contribution in [-0.2, 0) is 10.2 Å². The molecule has 0 aromatic heterocycles. The Morgan fingerprint density at radius 1 is 1.30 bits per heavy atom. The van der Waals surface area contributed by atoms with E-state index in [9.17, 15) is 4.79 Å². The Hall–Kier alpha value is -0.770. The van der Waals surface area contributed by atoms with Gasteiger partial charge in [-0.3, -0.25) is 4.79 Å². The lowest BCUT2D eigenvalue weighted by atomic mass is 9.84. The van der Waals surface area contributed by atoms with Crippen LogP contribution in [0, 0.1) is 5.92 Å². The van der Waals surface area contributed by atoms with Gasteiger partial charge in [0.1, 0.15) is 0 Å². The van der Waals surface area contributed by atoms with Crippen LogP contribution in [0.25, 0.3) is 0 Å². The van der Waals surface area contributed by atoms with E-state index < -0.39 is 0 Å². The number of halogens is 2. The summed E-state index contributed by atoms with van der Waals surface area (Å²) in [5.74, 6) is 0.849. The summed E-state index contributed by atoms with van der Waals surface area (Å²) in [6.45, 7) is 7.02. The molecular weight excluding hydrogens is 331 g/mol. The van der Waals surface area contributed by atoms with Crippen LogP contribution in [0.5, 0.6) is 0 Å². The minimum Gasteiger partial charge on any atom is -0.355 e. The number of carbonyl (C=O) groups excluding carboxylic acids is 1. The van der Waals surface area contributed by atoms with Crippen molar-refractivity contribution >= 4 is 29.9 Å². The number of amides is 1. The SMILES string of the molecule is CC(C)(CNC(=O)CCC1CCNCC1)c1ccccc1Cl.Cl. The molecule has 2 rings (SSSR count). The molecule has 2 N–H and O–H groups in total. The van der Waals surface area contributed by atoms with E-state index in [0.29, 0.717) is 18.9 Å². The topological polar surface area (TPSA) is 41.1 Å². The molecule has 1 aromatic rings. The third-order valence-electron chi connectivity index (χ3n) is 4.57. The molecule has 1 aliphatic rings. The van der Waals surface area contributed by atoms with Crippen molar-refractivity contribution in [1.29, 1.82) is 0 Å². The first-order chi connectivity index (χ1) is 10.5. The maximum atomic E-state index is 12.1. The lowest BCUT2D eigenvalue weighted by molar-refractivity contribution is -0.121. The average Bonchev–Trinajstić information content (AvgIpc) is 2.52. The predicted molar refractivity (Wildman–Crippen MR) is 99.6 cm³/mol. The molecule has 1 aliphatic heterocycles. The van der Waals surface area contributed by atoms with Gasteiger partial charge in [-0.15, -0.1) is 12.4 Å². The molecule has 3 nitrogen and oxygen atoms in total. The summed E-state index contributed by atoms with van der Waals surface area (Å²) in [7, 11) is 0. The molecule has 1 fully saturated rings. The number of carbonyl (C=O) groups is 1. The van der Waals surface area contributed by atoms with E-state index in [1.54, 1.807) is 0 Å². The zero-order valence-electron chi connectivity index (χ0n) is 14.0. The van der Waals surface area contributed by atoms with Crippen LogP contribution >= 0.6 is 24.0 Å². The summed E-state index contributed by atoms with van der Waals surface area (Å²) < 4.78 is 0. The molecular formula is C18H28Cl2N2O. The van der Waals surface area contributed by atoms with Crippen LogP contribution in [0.1, 0.15) is 45.1 Å². The smallest absolute Gasteiger partial charge is 0.220 e. The molecule has 0 bridgehead atoms. The van der Waals surface area contributed by atoms with Crippen LogP contribution < -0.4 is 10.6 Å². The monoisotopic (exact) mass is 358 g/mol. The highest BCUT2D eigenvalue weighted by Gasteiger charge is 2.24. The molecule has 0 saturated carbocycles. The molecule has 0 aliphatic carbocycles. The maximum Gasteiger partial charge on any atom is 0.220 e. The predicted octanol–water partition coefficient (Wildman–Crippen LogP) is 3.94. The Balaban J connectivity index is 0.00000264. The highest BCUT2D eigenvalue weighted by atomic mass is 35.5. The zero-order chi connectivity index (χ0) is 16.0. The fourth-order valence-electron chi connectivity index (χ4n) is 3.02. The molecule has 130 valence electrons. The van der Waals surface area contributed by atoms with Gasteiger partial charge in [0.05, 0.1) is 0 Å². The van der Waals surface area contributed by atoms with Gasteiger partial charge < -0.3 is 10.6 Å². The van der Waals surface area contributed by atoms with Crippen LogP contribution in [0.2, 0.25) is 5.02 Å². The minimum absolute atomic E-state index is 0. The van der Waals surface area contributed by atoms with Crippen LogP contribution in [0.3, 0.4) is 0 Å². The van der Waals surface area contributed by atoms with E-state index in [2.05, 4.69) is 24.5 Å². The summed E-state index contributed by atoms with van der Waals surface area (Å²) in [6, 6.07) is 7.85. The number of benzene rings is 1. The normalized spacial score (nSPS) is 15.8. The molecule has 0 atom stereocenters. The van der Waals surface area contributed by atoms with Gasteiger partial charge >= 0.3 is 0 Å². The lowest BCUT2D eigenvalue weighted by Crippen LogP contribution is -2.37. The highest BCUT2D eigenvalue weighted by molar-refractivity contribution is 6.31. The largest absolute Gasteiger partial charge is 0.355 e. The van der Waals surface area contributed by atoms with Crippen molar-refractivity contribution in [3.8, 4) is 0 Å². The summed E-state index contributed by atoms with van der Waals surface area (Å²) in [6.07, 6.45) is 4.01. The first kappa shape index (κ1) is 20.3. The molecule has 0 radical (unpaired) electrons. The average molecular weight is 359 g/mol. The van der Waals surface area contributed by atoms with Gasteiger partial charge in [-0.25, -0.2) is 0 Å². The Morgan fingerprint density at radius 2 is 1.96 bits per heavy atom. The van der Waals surface area contributed by atoms with Crippen molar-refractivity contribution in [2.75, 3.05) is 19.6 Å². The first-order valence-corrected chi connectivity index (χ1v) is 8.59. The van der Waals surface area contributed by atoms with Gasteiger partial charge in [0.25, 0.3) is 0 Å². The summed E-state index contributed by atoms with van der Waals surface area (Å²) >= 11 is 6.27. The second kappa shape index (κ2) is 9.51. The quantitative estimate of drug-likeness (QED) is 0.808. The van der Waals surface area contributed by atoms with Crippen molar-refractivity contribution in [2.45, 2.75) is 44.9 Å². The van der Waals surface area contributed by atoms with Crippen molar-refractivity contribution in [1.82, 2.24) is 10.6 Å². The van der Waals surface area contributed by atoms with E-state index in [-0.39, 0.29) is 23.7 Å². The van der Waals surface area contributed by atoms with E-state index in [1.807, 2.05) is 24.3 Å². The van der Waals surface area contributed by atoms with Crippen LogP contribution in [-0.4, -0.2) is 25.5 Å². The Bertz CT molecular complexity index is 500. The number of hydrogen-bond acceptors (Lipinski definition) is 2. The number of piperidine rings is 1. The zero-order valence-corrected chi connectivity index (χ0v) is 15.6. The van der Waals surface area contributed by atoms with Gasteiger partial charge in [-0.2, -0.15) is 0 Å². The Morgan fingerprint density at radius 3 is 2.61 bits per heavy atom. The maximum absolute atomic E-state index is 12.1. The standard InChI is InChI=1S/C18H27ClN2O.ClH/c1-18(2,15-5-3-4-6-16(15)19)13-21-17(22)8-7-14-9-11-20-12-10-14;/h3-6,14,20H,7-13H2,1-2H3,(H,21,22);1H. The summed E-state index contributed by atoms with van der Waals surface area (Å²) in [4.78, 5) is 12.1. The first-order valence-electron chi connectivity index (χ1n) is 8.21. The van der Waals surface area contributed by atoms with Gasteiger partial charge in [-0.1, -0.05) is 43.6 Å². The van der Waals surface area contributed by atoms with E-state index >= 15 is 0 Å². The Kier molecular flexibility index (Phi) is 8.38. The highest BCUT2D eigenvalue weighted by Crippen LogP contribution is 2.29. The Labute approximate surface area is 151 Å². The molecule has 5 heteroatoms. The van der Waals surface area contributed by atoms with Gasteiger partial charge in [-0.05, 0) is 49.9 Å². The minimum atomic E-state index is -0.164. The van der Waals surface area contributed by atoms with Crippen molar-refractivity contribution in [3.05, 3.63) is 34.9 Å². The van der Waals surface area contributed by atoms with Gasteiger partial charge in [0.15, 0.2) is 0 Å². The lowest BCUT2D eigenvalue weighted by Gasteiger charge is -2.27. The van der Waals surface area contributed by atoms with E-state index in [4.69, 9.17) is 11.6 Å². The third kappa shape index (κ3) is 6.33. The third-order valence-corrected chi connectivity index (χ3v) is 4.90.